The number of carbonyl (C=O) groups is 1. The summed E-state index contributed by atoms with van der Waals surface area (Å²) >= 11 is 1.64. The molecule has 1 aliphatic heterocycles. The van der Waals surface area contributed by atoms with Crippen LogP contribution in [-0.2, 0) is 11.3 Å². The molecule has 3 rings (SSSR count). The lowest BCUT2D eigenvalue weighted by molar-refractivity contribution is -0.121. The van der Waals surface area contributed by atoms with Gasteiger partial charge in [-0.3, -0.25) is 9.69 Å². The van der Waals surface area contributed by atoms with Crippen molar-refractivity contribution in [2.75, 3.05) is 25.4 Å². The Morgan fingerprint density at radius 2 is 2.19 bits per heavy atom. The van der Waals surface area contributed by atoms with Crippen molar-refractivity contribution in [2.45, 2.75) is 26.8 Å². The first kappa shape index (κ1) is 14.2. The van der Waals surface area contributed by atoms with Crippen molar-refractivity contribution < 1.29 is 4.79 Å². The van der Waals surface area contributed by atoms with Gasteiger partial charge in [-0.15, -0.1) is 11.3 Å². The molecule has 0 aliphatic carbocycles. The summed E-state index contributed by atoms with van der Waals surface area (Å²) in [7, 11) is 0. The minimum Gasteiger partial charge on any atom is -0.383 e. The van der Waals surface area contributed by atoms with Crippen molar-refractivity contribution in [1.29, 1.82) is 0 Å². The molecule has 3 N–H and O–H groups in total. The van der Waals surface area contributed by atoms with E-state index in [9.17, 15) is 4.79 Å². The van der Waals surface area contributed by atoms with E-state index in [4.69, 9.17) is 5.73 Å². The predicted octanol–water partition coefficient (Wildman–Crippen LogP) is 1.21. The highest BCUT2D eigenvalue weighted by Gasteiger charge is 2.18. The Bertz CT molecular complexity index is 696. The van der Waals surface area contributed by atoms with Crippen LogP contribution in [0.5, 0.6) is 0 Å². The van der Waals surface area contributed by atoms with Crippen LogP contribution in [0, 0.1) is 13.8 Å². The molecule has 3 heterocycles. The summed E-state index contributed by atoms with van der Waals surface area (Å²) in [4.78, 5) is 24.9. The summed E-state index contributed by atoms with van der Waals surface area (Å²) < 4.78 is 0. The monoisotopic (exact) mass is 305 g/mol. The van der Waals surface area contributed by atoms with Crippen LogP contribution in [0.3, 0.4) is 0 Å². The number of aryl methyl sites for hydroxylation is 2. The van der Waals surface area contributed by atoms with Crippen molar-refractivity contribution in [2.24, 2.45) is 0 Å². The van der Waals surface area contributed by atoms with Gasteiger partial charge in [0.2, 0.25) is 5.91 Å². The molecule has 1 amide bonds. The Morgan fingerprint density at radius 1 is 1.38 bits per heavy atom. The highest BCUT2D eigenvalue weighted by Crippen LogP contribution is 2.31. The molecule has 21 heavy (non-hydrogen) atoms. The number of fused-ring (bicyclic) bond motifs is 1. The number of rotatable bonds is 2. The Balaban J connectivity index is 1.88. The molecule has 2 aromatic rings. The lowest BCUT2D eigenvalue weighted by atomic mass is 10.2. The van der Waals surface area contributed by atoms with E-state index in [1.165, 1.54) is 4.88 Å². The van der Waals surface area contributed by atoms with E-state index >= 15 is 0 Å². The summed E-state index contributed by atoms with van der Waals surface area (Å²) in [6.07, 6.45) is 0.945. The van der Waals surface area contributed by atoms with Crippen molar-refractivity contribution in [3.05, 3.63) is 16.3 Å². The van der Waals surface area contributed by atoms with E-state index in [1.807, 2.05) is 6.92 Å². The van der Waals surface area contributed by atoms with Gasteiger partial charge in [-0.1, -0.05) is 0 Å². The van der Waals surface area contributed by atoms with Crippen LogP contribution in [0.15, 0.2) is 0 Å². The van der Waals surface area contributed by atoms with E-state index in [0.29, 0.717) is 24.7 Å². The topological polar surface area (TPSA) is 84.1 Å². The zero-order valence-corrected chi connectivity index (χ0v) is 13.1. The first-order valence-electron chi connectivity index (χ1n) is 7.05. The molecular weight excluding hydrogens is 286 g/mol. The number of thiophene rings is 1. The molecule has 0 aromatic carbocycles. The third-order valence-electron chi connectivity index (χ3n) is 3.81. The average Bonchev–Trinajstić information content (AvgIpc) is 2.58. The van der Waals surface area contributed by atoms with Crippen LogP contribution in [0.4, 0.5) is 5.82 Å². The van der Waals surface area contributed by atoms with Gasteiger partial charge < -0.3 is 11.1 Å². The Morgan fingerprint density at radius 3 is 3.00 bits per heavy atom. The number of amides is 1. The average molecular weight is 305 g/mol. The van der Waals surface area contributed by atoms with Crippen molar-refractivity contribution in [3.63, 3.8) is 0 Å². The number of nitrogens with zero attached hydrogens (tertiary/aromatic N) is 3. The molecule has 1 fully saturated rings. The molecule has 0 bridgehead atoms. The fourth-order valence-corrected chi connectivity index (χ4v) is 3.66. The van der Waals surface area contributed by atoms with Gasteiger partial charge in [0.1, 0.15) is 16.5 Å². The number of hydrogen-bond acceptors (Lipinski definition) is 6. The van der Waals surface area contributed by atoms with Crippen LogP contribution in [0.25, 0.3) is 10.2 Å². The second-order valence-electron chi connectivity index (χ2n) is 5.40. The van der Waals surface area contributed by atoms with E-state index < -0.39 is 0 Å². The van der Waals surface area contributed by atoms with E-state index in [-0.39, 0.29) is 5.91 Å². The molecule has 1 aliphatic rings. The normalized spacial score (nSPS) is 17.0. The number of aromatic nitrogens is 2. The Kier molecular flexibility index (Phi) is 3.77. The maximum atomic E-state index is 11.6. The molecule has 0 atom stereocenters. The van der Waals surface area contributed by atoms with Gasteiger partial charge in [0.15, 0.2) is 0 Å². The molecule has 112 valence electrons. The minimum atomic E-state index is 0.0596. The van der Waals surface area contributed by atoms with Crippen molar-refractivity contribution in [3.8, 4) is 0 Å². The van der Waals surface area contributed by atoms with Gasteiger partial charge in [0, 0.05) is 18.0 Å². The highest BCUT2D eigenvalue weighted by atomic mass is 32.1. The lowest BCUT2D eigenvalue weighted by Crippen LogP contribution is -2.33. The van der Waals surface area contributed by atoms with Crippen molar-refractivity contribution in [1.82, 2.24) is 20.2 Å². The zero-order chi connectivity index (χ0) is 15.0. The van der Waals surface area contributed by atoms with Crippen molar-refractivity contribution >= 4 is 33.3 Å². The number of hydrogen-bond donors (Lipinski definition) is 2. The number of nitrogens with one attached hydrogen (secondary N) is 1. The summed E-state index contributed by atoms with van der Waals surface area (Å²) in [6, 6.07) is 0. The zero-order valence-electron chi connectivity index (χ0n) is 12.3. The molecule has 7 heteroatoms. The Labute approximate surface area is 127 Å². The summed E-state index contributed by atoms with van der Waals surface area (Å²) in [5, 5.41) is 3.84. The van der Waals surface area contributed by atoms with E-state index in [1.54, 1.807) is 11.3 Å². The van der Waals surface area contributed by atoms with Gasteiger partial charge in [-0.25, -0.2) is 9.97 Å². The van der Waals surface area contributed by atoms with Gasteiger partial charge >= 0.3 is 0 Å². The molecule has 6 nitrogen and oxygen atoms in total. The molecular formula is C14H19N5OS. The number of nitrogen functional groups attached to an aromatic ring is 1. The number of carbonyl (C=O) groups excluding carboxylic acids is 1. The largest absolute Gasteiger partial charge is 0.383 e. The summed E-state index contributed by atoms with van der Waals surface area (Å²) in [6.45, 7) is 6.67. The fraction of sp³-hybridized carbons (Fsp3) is 0.500. The predicted molar refractivity (Wildman–Crippen MR) is 84.2 cm³/mol. The fourth-order valence-electron chi connectivity index (χ4n) is 2.60. The van der Waals surface area contributed by atoms with Crippen LogP contribution in [-0.4, -0.2) is 40.4 Å². The van der Waals surface area contributed by atoms with Gasteiger partial charge in [-0.05, 0) is 25.8 Å². The third-order valence-corrected chi connectivity index (χ3v) is 4.91. The minimum absolute atomic E-state index is 0.0596. The van der Waals surface area contributed by atoms with Gasteiger partial charge in [0.25, 0.3) is 0 Å². The lowest BCUT2D eigenvalue weighted by Gasteiger charge is -2.17. The molecule has 0 unspecified atom stereocenters. The maximum Gasteiger partial charge on any atom is 0.234 e. The van der Waals surface area contributed by atoms with Crippen LogP contribution >= 0.6 is 11.3 Å². The number of anilines is 1. The maximum absolute atomic E-state index is 11.6. The van der Waals surface area contributed by atoms with Crippen LogP contribution in [0.2, 0.25) is 0 Å². The highest BCUT2D eigenvalue weighted by molar-refractivity contribution is 7.18. The molecule has 0 spiro atoms. The van der Waals surface area contributed by atoms with Gasteiger partial charge in [-0.2, -0.15) is 0 Å². The molecule has 0 saturated carbocycles. The second-order valence-corrected chi connectivity index (χ2v) is 6.61. The molecule has 1 saturated heterocycles. The molecule has 2 aromatic heterocycles. The molecule has 0 radical (unpaired) electrons. The van der Waals surface area contributed by atoms with E-state index in [0.717, 1.165) is 35.3 Å². The van der Waals surface area contributed by atoms with E-state index in [2.05, 4.69) is 27.1 Å². The summed E-state index contributed by atoms with van der Waals surface area (Å²) in [5.74, 6) is 1.29. The third kappa shape index (κ3) is 2.84. The standard InChI is InChI=1S/C14H19N5OS/c1-8-9(2)21-14-12(8)13(15)17-10(18-14)6-19-5-3-4-16-11(20)7-19/h3-7H2,1-2H3,(H,16,20)(H2,15,17,18). The number of nitrogens with two attached hydrogens (primary N) is 1. The van der Waals surface area contributed by atoms with Crippen LogP contribution < -0.4 is 11.1 Å². The summed E-state index contributed by atoms with van der Waals surface area (Å²) in [5.41, 5.74) is 7.25. The van der Waals surface area contributed by atoms with Gasteiger partial charge in [0.05, 0.1) is 18.5 Å². The second kappa shape index (κ2) is 5.57. The first-order valence-corrected chi connectivity index (χ1v) is 7.87. The smallest absolute Gasteiger partial charge is 0.234 e. The Hall–Kier alpha value is -1.73. The van der Waals surface area contributed by atoms with Crippen LogP contribution in [0.1, 0.15) is 22.7 Å². The first-order chi connectivity index (χ1) is 10.0. The quantitative estimate of drug-likeness (QED) is 0.871. The SMILES string of the molecule is Cc1sc2nc(CN3CCCNC(=O)C3)nc(N)c2c1C.